The van der Waals surface area contributed by atoms with E-state index in [1.165, 1.54) is 0 Å². The molecule has 0 bridgehead atoms. The predicted octanol–water partition coefficient (Wildman–Crippen LogP) is 1.31. The van der Waals surface area contributed by atoms with Crippen molar-refractivity contribution >= 4 is 11.9 Å². The molecule has 0 unspecified atom stereocenters. The number of carbonyl (C=O) groups is 2. The summed E-state index contributed by atoms with van der Waals surface area (Å²) in [6.45, 7) is 2.77. The standard InChI is InChI=1S/C15H25N5O2/c1-3-4-6-12(18-15(16)22)14(21)20-8-5-7-13(20)11-9-17-19(2)10-11/h9-10,12-13H,3-8H2,1-2H3,(H3,16,18,22)/t12-,13-/m1/s1. The summed E-state index contributed by atoms with van der Waals surface area (Å²) in [7, 11) is 1.86. The number of hydrogen-bond acceptors (Lipinski definition) is 3. The van der Waals surface area contributed by atoms with Crippen LogP contribution in [0.2, 0.25) is 0 Å². The Balaban J connectivity index is 2.11. The molecule has 1 aromatic heterocycles. The molecule has 0 saturated carbocycles. The Kier molecular flexibility index (Phi) is 5.41. The summed E-state index contributed by atoms with van der Waals surface area (Å²) < 4.78 is 1.74. The van der Waals surface area contributed by atoms with Gasteiger partial charge >= 0.3 is 6.03 Å². The van der Waals surface area contributed by atoms with Gasteiger partial charge in [-0.25, -0.2) is 4.79 Å². The number of urea groups is 1. The molecular formula is C15H25N5O2. The van der Waals surface area contributed by atoms with Gasteiger partial charge in [0, 0.05) is 25.4 Å². The van der Waals surface area contributed by atoms with Gasteiger partial charge in [-0.1, -0.05) is 19.8 Å². The van der Waals surface area contributed by atoms with Crippen LogP contribution in [0.1, 0.15) is 50.6 Å². The van der Waals surface area contributed by atoms with Gasteiger partial charge in [-0.05, 0) is 19.3 Å². The maximum atomic E-state index is 12.8. The van der Waals surface area contributed by atoms with Crippen LogP contribution in [-0.2, 0) is 11.8 Å². The highest BCUT2D eigenvalue weighted by Gasteiger charge is 2.34. The summed E-state index contributed by atoms with van der Waals surface area (Å²) in [5.41, 5.74) is 6.26. The SMILES string of the molecule is CCCC[C@@H](NC(N)=O)C(=O)N1CCC[C@@H]1c1cnn(C)c1. The normalized spacial score (nSPS) is 19.2. The molecule has 3 N–H and O–H groups in total. The number of rotatable bonds is 6. The van der Waals surface area contributed by atoms with E-state index in [-0.39, 0.29) is 11.9 Å². The summed E-state index contributed by atoms with van der Waals surface area (Å²) in [6, 6.07) is -1.14. The predicted molar refractivity (Wildman–Crippen MR) is 82.9 cm³/mol. The van der Waals surface area contributed by atoms with Crippen LogP contribution in [-0.4, -0.2) is 39.2 Å². The molecule has 1 aromatic rings. The van der Waals surface area contributed by atoms with Crippen LogP contribution in [0.5, 0.6) is 0 Å². The molecule has 7 heteroatoms. The van der Waals surface area contributed by atoms with Gasteiger partial charge in [-0.15, -0.1) is 0 Å². The van der Waals surface area contributed by atoms with Gasteiger partial charge in [-0.3, -0.25) is 9.48 Å². The highest BCUT2D eigenvalue weighted by Crippen LogP contribution is 2.32. The highest BCUT2D eigenvalue weighted by molar-refractivity contribution is 5.87. The molecule has 0 spiro atoms. The number of aromatic nitrogens is 2. The molecule has 3 amide bonds. The maximum absolute atomic E-state index is 12.8. The number of nitrogens with two attached hydrogens (primary N) is 1. The van der Waals surface area contributed by atoms with E-state index in [0.29, 0.717) is 13.0 Å². The molecule has 1 fully saturated rings. The van der Waals surface area contributed by atoms with Gasteiger partial charge < -0.3 is 16.0 Å². The zero-order chi connectivity index (χ0) is 16.1. The van der Waals surface area contributed by atoms with Gasteiger partial charge in [0.1, 0.15) is 6.04 Å². The average molecular weight is 307 g/mol. The number of likely N-dealkylation sites (tertiary alicyclic amines) is 1. The molecule has 2 heterocycles. The van der Waals surface area contributed by atoms with Crippen LogP contribution in [0.3, 0.4) is 0 Å². The Morgan fingerprint density at radius 2 is 2.32 bits per heavy atom. The zero-order valence-electron chi connectivity index (χ0n) is 13.3. The van der Waals surface area contributed by atoms with Crippen LogP contribution >= 0.6 is 0 Å². The Labute approximate surface area is 130 Å². The second-order valence-corrected chi connectivity index (χ2v) is 5.84. The Morgan fingerprint density at radius 1 is 1.55 bits per heavy atom. The fourth-order valence-electron chi connectivity index (χ4n) is 3.03. The van der Waals surface area contributed by atoms with Crippen LogP contribution < -0.4 is 11.1 Å². The lowest BCUT2D eigenvalue weighted by atomic mass is 10.1. The summed E-state index contributed by atoms with van der Waals surface area (Å²) in [5, 5.41) is 6.78. The van der Waals surface area contributed by atoms with Gasteiger partial charge in [0.05, 0.1) is 12.2 Å². The van der Waals surface area contributed by atoms with Crippen LogP contribution in [0.4, 0.5) is 4.79 Å². The molecule has 1 saturated heterocycles. The van der Waals surface area contributed by atoms with E-state index in [2.05, 4.69) is 17.3 Å². The number of aryl methyl sites for hydroxylation is 1. The van der Waals surface area contributed by atoms with Gasteiger partial charge in [0.2, 0.25) is 5.91 Å². The number of carbonyl (C=O) groups excluding carboxylic acids is 2. The van der Waals surface area contributed by atoms with Crippen LogP contribution in [0.25, 0.3) is 0 Å². The number of primary amides is 1. The third kappa shape index (κ3) is 3.78. The lowest BCUT2D eigenvalue weighted by Gasteiger charge is -2.28. The van der Waals surface area contributed by atoms with Crippen molar-refractivity contribution in [3.05, 3.63) is 18.0 Å². The van der Waals surface area contributed by atoms with Crippen molar-refractivity contribution in [3.8, 4) is 0 Å². The number of nitrogens with zero attached hydrogens (tertiary/aromatic N) is 3. The maximum Gasteiger partial charge on any atom is 0.312 e. The molecule has 7 nitrogen and oxygen atoms in total. The molecular weight excluding hydrogens is 282 g/mol. The van der Waals surface area contributed by atoms with Gasteiger partial charge in [0.25, 0.3) is 0 Å². The second kappa shape index (κ2) is 7.29. The Bertz CT molecular complexity index is 528. The van der Waals surface area contributed by atoms with E-state index in [0.717, 1.165) is 31.2 Å². The quantitative estimate of drug-likeness (QED) is 0.829. The first kappa shape index (κ1) is 16.3. The number of nitrogens with one attached hydrogen (secondary N) is 1. The minimum absolute atomic E-state index is 0.0417. The first-order valence-electron chi connectivity index (χ1n) is 7.88. The Morgan fingerprint density at radius 3 is 2.91 bits per heavy atom. The van der Waals surface area contributed by atoms with Crippen molar-refractivity contribution in [1.82, 2.24) is 20.0 Å². The molecule has 22 heavy (non-hydrogen) atoms. The minimum atomic E-state index is -0.647. The molecule has 1 aliphatic heterocycles. The summed E-state index contributed by atoms with van der Waals surface area (Å²) in [4.78, 5) is 25.8. The second-order valence-electron chi connectivity index (χ2n) is 5.84. The zero-order valence-corrected chi connectivity index (χ0v) is 13.3. The first-order chi connectivity index (χ1) is 10.5. The van der Waals surface area contributed by atoms with E-state index in [1.54, 1.807) is 10.9 Å². The smallest absolute Gasteiger partial charge is 0.312 e. The van der Waals surface area contributed by atoms with Gasteiger partial charge in [0.15, 0.2) is 0 Å². The third-order valence-electron chi connectivity index (χ3n) is 4.11. The average Bonchev–Trinajstić information content (AvgIpc) is 3.10. The number of hydrogen-bond donors (Lipinski definition) is 2. The largest absolute Gasteiger partial charge is 0.352 e. The number of unbranched alkanes of at least 4 members (excludes halogenated alkanes) is 1. The first-order valence-corrected chi connectivity index (χ1v) is 7.88. The molecule has 2 atom stereocenters. The monoisotopic (exact) mass is 307 g/mol. The van der Waals surface area contributed by atoms with E-state index in [1.807, 2.05) is 18.1 Å². The molecule has 0 aliphatic carbocycles. The minimum Gasteiger partial charge on any atom is -0.352 e. The molecule has 0 aromatic carbocycles. The van der Waals surface area contributed by atoms with Crippen LogP contribution in [0.15, 0.2) is 12.4 Å². The highest BCUT2D eigenvalue weighted by atomic mass is 16.2. The van der Waals surface area contributed by atoms with Gasteiger partial charge in [-0.2, -0.15) is 5.10 Å². The third-order valence-corrected chi connectivity index (χ3v) is 4.11. The van der Waals surface area contributed by atoms with Crippen molar-refractivity contribution in [1.29, 1.82) is 0 Å². The fraction of sp³-hybridized carbons (Fsp3) is 0.667. The van der Waals surface area contributed by atoms with Crippen molar-refractivity contribution in [3.63, 3.8) is 0 Å². The molecule has 1 aliphatic rings. The summed E-state index contributed by atoms with van der Waals surface area (Å²) >= 11 is 0. The summed E-state index contributed by atoms with van der Waals surface area (Å²) in [6.07, 6.45) is 8.10. The van der Waals surface area contributed by atoms with E-state index >= 15 is 0 Å². The van der Waals surface area contributed by atoms with Crippen molar-refractivity contribution in [2.45, 2.75) is 51.1 Å². The Hall–Kier alpha value is -2.05. The van der Waals surface area contributed by atoms with E-state index in [4.69, 9.17) is 5.73 Å². The number of amides is 3. The van der Waals surface area contributed by atoms with E-state index < -0.39 is 12.1 Å². The lowest BCUT2D eigenvalue weighted by molar-refractivity contribution is -0.134. The molecule has 0 radical (unpaired) electrons. The van der Waals surface area contributed by atoms with Crippen molar-refractivity contribution < 1.29 is 9.59 Å². The van der Waals surface area contributed by atoms with E-state index in [9.17, 15) is 9.59 Å². The molecule has 122 valence electrons. The fourth-order valence-corrected chi connectivity index (χ4v) is 3.03. The molecule has 2 rings (SSSR count). The lowest BCUT2D eigenvalue weighted by Crippen LogP contribution is -2.49. The van der Waals surface area contributed by atoms with Crippen molar-refractivity contribution in [2.24, 2.45) is 12.8 Å². The van der Waals surface area contributed by atoms with Crippen LogP contribution in [0, 0.1) is 0 Å². The topological polar surface area (TPSA) is 93.2 Å². The van der Waals surface area contributed by atoms with Crippen molar-refractivity contribution in [2.75, 3.05) is 6.54 Å². The summed E-state index contributed by atoms with van der Waals surface area (Å²) in [5.74, 6) is -0.0430.